The number of benzene rings is 1. The van der Waals surface area contributed by atoms with Crippen LogP contribution in [0, 0.1) is 5.92 Å². The molecule has 0 radical (unpaired) electrons. The van der Waals surface area contributed by atoms with Crippen molar-refractivity contribution < 1.29 is 13.2 Å². The molecule has 2 aromatic rings. The summed E-state index contributed by atoms with van der Waals surface area (Å²) in [6, 6.07) is 9.46. The summed E-state index contributed by atoms with van der Waals surface area (Å²) in [5, 5.41) is 2.59. The smallest absolute Gasteiger partial charge is 0.257 e. The molecule has 1 aromatic carbocycles. The Kier molecular flexibility index (Phi) is 4.80. The molecule has 1 aromatic heterocycles. The molecular formula is C19H23N5O3S. The topological polar surface area (TPSA) is 95.5 Å². The number of amides is 1. The molecule has 0 spiro atoms. The monoisotopic (exact) mass is 401 g/mol. The molecule has 148 valence electrons. The number of fused-ring (bicyclic) bond motifs is 1. The Morgan fingerprint density at radius 3 is 2.46 bits per heavy atom. The molecule has 1 amide bonds. The van der Waals surface area contributed by atoms with Crippen molar-refractivity contribution in [3.05, 3.63) is 48.3 Å². The SMILES string of the molecule is CN(C)[C@H]1CS(=O)(=O)[C@H]2CN(C(=O)c3cnc(Nc4ccccc4)nc3)C[C@@H]12. The predicted molar refractivity (Wildman–Crippen MR) is 106 cm³/mol. The lowest BCUT2D eigenvalue weighted by Crippen LogP contribution is -2.38. The fourth-order valence-corrected chi connectivity index (χ4v) is 6.54. The summed E-state index contributed by atoms with van der Waals surface area (Å²) in [6.45, 7) is 0.676. The molecular weight excluding hydrogens is 378 g/mol. The second-order valence-corrected chi connectivity index (χ2v) is 9.82. The summed E-state index contributed by atoms with van der Waals surface area (Å²) in [7, 11) is 0.592. The predicted octanol–water partition coefficient (Wildman–Crippen LogP) is 1.02. The van der Waals surface area contributed by atoms with E-state index in [1.165, 1.54) is 12.4 Å². The molecule has 9 heteroatoms. The van der Waals surface area contributed by atoms with Gasteiger partial charge in [-0.05, 0) is 26.2 Å². The quantitative estimate of drug-likeness (QED) is 0.817. The molecule has 0 aliphatic carbocycles. The fourth-order valence-electron chi connectivity index (χ4n) is 4.07. The van der Waals surface area contributed by atoms with E-state index in [0.717, 1.165) is 5.69 Å². The van der Waals surface area contributed by atoms with Crippen LogP contribution in [-0.2, 0) is 9.84 Å². The maximum absolute atomic E-state index is 12.9. The number of rotatable bonds is 4. The van der Waals surface area contributed by atoms with Crippen LogP contribution in [0.25, 0.3) is 0 Å². The zero-order valence-electron chi connectivity index (χ0n) is 15.8. The van der Waals surface area contributed by atoms with Crippen LogP contribution in [0.4, 0.5) is 11.6 Å². The van der Waals surface area contributed by atoms with Crippen molar-refractivity contribution in [2.45, 2.75) is 11.3 Å². The molecule has 8 nitrogen and oxygen atoms in total. The van der Waals surface area contributed by atoms with Crippen LogP contribution < -0.4 is 5.32 Å². The average Bonchev–Trinajstić information content (AvgIpc) is 3.22. The second kappa shape index (κ2) is 7.14. The molecule has 2 aliphatic heterocycles. The summed E-state index contributed by atoms with van der Waals surface area (Å²) < 4.78 is 25.0. The Hall–Kier alpha value is -2.52. The number of para-hydroxylation sites is 1. The Labute approximate surface area is 164 Å². The molecule has 0 unspecified atom stereocenters. The van der Waals surface area contributed by atoms with E-state index < -0.39 is 15.1 Å². The van der Waals surface area contributed by atoms with Gasteiger partial charge in [-0.1, -0.05) is 18.2 Å². The van der Waals surface area contributed by atoms with E-state index in [0.29, 0.717) is 18.1 Å². The van der Waals surface area contributed by atoms with Crippen molar-refractivity contribution in [3.63, 3.8) is 0 Å². The van der Waals surface area contributed by atoms with Crippen LogP contribution in [0.1, 0.15) is 10.4 Å². The Balaban J connectivity index is 1.47. The van der Waals surface area contributed by atoms with E-state index in [2.05, 4.69) is 15.3 Å². The van der Waals surface area contributed by atoms with Gasteiger partial charge in [0.1, 0.15) is 0 Å². The number of aromatic nitrogens is 2. The molecule has 3 atom stereocenters. The minimum absolute atomic E-state index is 0.0520. The van der Waals surface area contributed by atoms with Gasteiger partial charge in [0.2, 0.25) is 5.95 Å². The van der Waals surface area contributed by atoms with Gasteiger partial charge in [-0.2, -0.15) is 0 Å². The van der Waals surface area contributed by atoms with E-state index in [1.807, 2.05) is 49.3 Å². The third kappa shape index (κ3) is 3.47. The van der Waals surface area contributed by atoms with Crippen LogP contribution in [0.5, 0.6) is 0 Å². The number of carbonyl (C=O) groups excluding carboxylic acids is 1. The number of hydrogen-bond donors (Lipinski definition) is 1. The third-order valence-electron chi connectivity index (χ3n) is 5.55. The maximum Gasteiger partial charge on any atom is 0.257 e. The number of anilines is 2. The van der Waals surface area contributed by atoms with Crippen molar-refractivity contribution in [2.75, 3.05) is 38.3 Å². The van der Waals surface area contributed by atoms with Gasteiger partial charge in [0.05, 0.1) is 16.6 Å². The van der Waals surface area contributed by atoms with E-state index in [4.69, 9.17) is 0 Å². The van der Waals surface area contributed by atoms with Gasteiger partial charge in [-0.15, -0.1) is 0 Å². The number of sulfone groups is 1. The zero-order chi connectivity index (χ0) is 19.9. The molecule has 0 saturated carbocycles. The highest BCUT2D eigenvalue weighted by molar-refractivity contribution is 7.92. The first-order valence-corrected chi connectivity index (χ1v) is 10.9. The van der Waals surface area contributed by atoms with Crippen molar-refractivity contribution in [3.8, 4) is 0 Å². The lowest BCUT2D eigenvalue weighted by atomic mass is 10.00. The van der Waals surface area contributed by atoms with Crippen molar-refractivity contribution in [2.24, 2.45) is 5.92 Å². The first-order chi connectivity index (χ1) is 13.3. The fraction of sp³-hybridized carbons (Fsp3) is 0.421. The Morgan fingerprint density at radius 1 is 1.14 bits per heavy atom. The average molecular weight is 401 g/mol. The molecule has 4 rings (SSSR count). The lowest BCUT2D eigenvalue weighted by molar-refractivity contribution is 0.0779. The number of nitrogens with one attached hydrogen (secondary N) is 1. The van der Waals surface area contributed by atoms with Crippen molar-refractivity contribution in [1.82, 2.24) is 19.8 Å². The second-order valence-electron chi connectivity index (χ2n) is 7.56. The first-order valence-electron chi connectivity index (χ1n) is 9.16. The number of hydrogen-bond acceptors (Lipinski definition) is 7. The van der Waals surface area contributed by atoms with E-state index in [-0.39, 0.29) is 30.2 Å². The summed E-state index contributed by atoms with van der Waals surface area (Å²) in [4.78, 5) is 24.8. The van der Waals surface area contributed by atoms with Gasteiger partial charge in [-0.3, -0.25) is 4.79 Å². The largest absolute Gasteiger partial charge is 0.337 e. The molecule has 3 heterocycles. The number of carbonyl (C=O) groups is 1. The number of likely N-dealkylation sites (tertiary alicyclic amines) is 1. The maximum atomic E-state index is 12.9. The third-order valence-corrected chi connectivity index (χ3v) is 7.77. The molecule has 2 fully saturated rings. The van der Waals surface area contributed by atoms with Gasteiger partial charge >= 0.3 is 0 Å². The lowest BCUT2D eigenvalue weighted by Gasteiger charge is -2.25. The molecule has 28 heavy (non-hydrogen) atoms. The molecule has 2 aliphatic rings. The zero-order valence-corrected chi connectivity index (χ0v) is 16.6. The molecule has 2 saturated heterocycles. The Bertz CT molecular complexity index is 963. The van der Waals surface area contributed by atoms with Crippen LogP contribution >= 0.6 is 0 Å². The highest BCUT2D eigenvalue weighted by Gasteiger charge is 2.53. The van der Waals surface area contributed by atoms with Gasteiger partial charge in [0.15, 0.2) is 9.84 Å². The van der Waals surface area contributed by atoms with Gasteiger partial charge in [0.25, 0.3) is 5.91 Å². The minimum atomic E-state index is -3.18. The summed E-state index contributed by atoms with van der Waals surface area (Å²) in [5.74, 6) is 0.286. The van der Waals surface area contributed by atoms with E-state index in [1.54, 1.807) is 4.90 Å². The normalized spacial score (nSPS) is 25.7. The number of nitrogens with zero attached hydrogens (tertiary/aromatic N) is 4. The molecule has 1 N–H and O–H groups in total. The standard InChI is InChI=1S/C19H23N5O3S/c1-23(2)16-12-28(26,27)17-11-24(10-15(16)17)18(25)13-8-20-19(21-9-13)22-14-6-4-3-5-7-14/h3-9,15-17H,10-12H2,1-2H3,(H,20,21,22)/t15-,16-,17-/m0/s1. The summed E-state index contributed by atoms with van der Waals surface area (Å²) in [6.07, 6.45) is 2.96. The van der Waals surface area contributed by atoms with Gasteiger partial charge < -0.3 is 15.1 Å². The minimum Gasteiger partial charge on any atom is -0.337 e. The van der Waals surface area contributed by atoms with Crippen LogP contribution in [0.2, 0.25) is 0 Å². The Morgan fingerprint density at radius 2 is 1.82 bits per heavy atom. The summed E-state index contributed by atoms with van der Waals surface area (Å²) >= 11 is 0. The highest BCUT2D eigenvalue weighted by atomic mass is 32.2. The molecule has 0 bridgehead atoms. The van der Waals surface area contributed by atoms with Crippen LogP contribution in [0.3, 0.4) is 0 Å². The van der Waals surface area contributed by atoms with Crippen LogP contribution in [0.15, 0.2) is 42.7 Å². The van der Waals surface area contributed by atoms with Gasteiger partial charge in [0, 0.05) is 43.1 Å². The van der Waals surface area contributed by atoms with Crippen molar-refractivity contribution >= 4 is 27.4 Å². The first kappa shape index (κ1) is 18.8. The summed E-state index contributed by atoms with van der Waals surface area (Å²) in [5.41, 5.74) is 1.21. The highest BCUT2D eigenvalue weighted by Crippen LogP contribution is 2.36. The van der Waals surface area contributed by atoms with Crippen LogP contribution in [-0.4, -0.2) is 78.3 Å². The van der Waals surface area contributed by atoms with Gasteiger partial charge in [-0.25, -0.2) is 18.4 Å². The van der Waals surface area contributed by atoms with E-state index >= 15 is 0 Å². The van der Waals surface area contributed by atoms with E-state index in [9.17, 15) is 13.2 Å². The van der Waals surface area contributed by atoms with Crippen molar-refractivity contribution in [1.29, 1.82) is 0 Å².